The van der Waals surface area contributed by atoms with Crippen LogP contribution in [0.4, 0.5) is 17.6 Å². The topological polar surface area (TPSA) is 71.8 Å². The molecule has 1 unspecified atom stereocenters. The van der Waals surface area contributed by atoms with Crippen molar-refractivity contribution in [3.63, 3.8) is 0 Å². The van der Waals surface area contributed by atoms with Gasteiger partial charge in [-0.2, -0.15) is 13.2 Å². The van der Waals surface area contributed by atoms with Gasteiger partial charge in [-0.05, 0) is 37.3 Å². The van der Waals surface area contributed by atoms with Crippen LogP contribution >= 0.6 is 0 Å². The monoisotopic (exact) mass is 436 g/mol. The molecule has 1 fully saturated rings. The summed E-state index contributed by atoms with van der Waals surface area (Å²) in [6.45, 7) is 3.64. The molecule has 0 aliphatic carbocycles. The number of hydrogen-bond donors (Lipinski definition) is 1. The predicted octanol–water partition coefficient (Wildman–Crippen LogP) is 3.10. The highest BCUT2D eigenvalue weighted by atomic mass is 32.2. The molecule has 3 rings (SSSR count). The molecule has 1 aromatic heterocycles. The molecule has 11 heteroatoms. The molecule has 1 aromatic carbocycles. The average molecular weight is 436 g/mol. The summed E-state index contributed by atoms with van der Waals surface area (Å²) in [5.41, 5.74) is -1.63. The number of benzene rings is 1. The molecule has 160 valence electrons. The third kappa shape index (κ3) is 5.16. The second-order valence-electron chi connectivity index (χ2n) is 6.60. The first-order chi connectivity index (χ1) is 13.6. The number of rotatable bonds is 6. The van der Waals surface area contributed by atoms with Crippen LogP contribution in [0.5, 0.6) is 0 Å². The van der Waals surface area contributed by atoms with Crippen molar-refractivity contribution in [2.24, 2.45) is 0 Å². The average Bonchev–Trinajstić information content (AvgIpc) is 3.08. The quantitative estimate of drug-likeness (QED) is 0.705. The molecule has 1 aliphatic rings. The number of ether oxygens (including phenoxy) is 1. The minimum atomic E-state index is -5.00. The Labute approximate surface area is 165 Å². The normalized spacial score (nSPS) is 17.4. The van der Waals surface area contributed by atoms with Crippen LogP contribution in [0.3, 0.4) is 0 Å². The zero-order valence-corrected chi connectivity index (χ0v) is 16.3. The van der Waals surface area contributed by atoms with E-state index < -0.39 is 38.5 Å². The van der Waals surface area contributed by atoms with Crippen molar-refractivity contribution in [3.8, 4) is 0 Å². The molecular weight excluding hydrogens is 416 g/mol. The summed E-state index contributed by atoms with van der Waals surface area (Å²) in [6.07, 6.45) is -5.00. The van der Waals surface area contributed by atoms with Crippen LogP contribution in [0, 0.1) is 12.7 Å². The molecule has 1 N–H and O–H groups in total. The fourth-order valence-corrected chi connectivity index (χ4v) is 4.16. The van der Waals surface area contributed by atoms with Gasteiger partial charge >= 0.3 is 6.18 Å². The standard InChI is InChI=1S/C18H20F4N2O4S/c1-12-2-5-17(28-12)16(24-6-8-27-9-7-24)11-23-29(25,26)13-3-4-15(19)14(10-13)18(20,21)22/h2-5,10,16,23H,6-9,11H2,1H3. The Bertz CT molecular complexity index is 953. The lowest BCUT2D eigenvalue weighted by Crippen LogP contribution is -2.43. The molecule has 0 saturated carbocycles. The van der Waals surface area contributed by atoms with E-state index in [9.17, 15) is 26.0 Å². The maximum atomic E-state index is 13.5. The van der Waals surface area contributed by atoms with E-state index in [-0.39, 0.29) is 6.54 Å². The van der Waals surface area contributed by atoms with E-state index >= 15 is 0 Å². The van der Waals surface area contributed by atoms with Gasteiger partial charge in [-0.15, -0.1) is 0 Å². The molecule has 0 amide bonds. The fraction of sp³-hybridized carbons (Fsp3) is 0.444. The van der Waals surface area contributed by atoms with Gasteiger partial charge in [0.05, 0.1) is 29.7 Å². The van der Waals surface area contributed by atoms with Crippen molar-refractivity contribution in [3.05, 3.63) is 53.2 Å². The van der Waals surface area contributed by atoms with Crippen LogP contribution in [-0.2, 0) is 20.9 Å². The highest BCUT2D eigenvalue weighted by molar-refractivity contribution is 7.89. The lowest BCUT2D eigenvalue weighted by molar-refractivity contribution is -0.140. The summed E-state index contributed by atoms with van der Waals surface area (Å²) in [5, 5.41) is 0. The number of hydrogen-bond acceptors (Lipinski definition) is 5. The second-order valence-corrected chi connectivity index (χ2v) is 8.37. The van der Waals surface area contributed by atoms with E-state index in [2.05, 4.69) is 4.72 Å². The number of morpholine rings is 1. The first kappa shape index (κ1) is 21.8. The summed E-state index contributed by atoms with van der Waals surface area (Å²) >= 11 is 0. The zero-order valence-electron chi connectivity index (χ0n) is 15.5. The highest BCUT2D eigenvalue weighted by Crippen LogP contribution is 2.33. The van der Waals surface area contributed by atoms with Crippen molar-refractivity contribution in [1.29, 1.82) is 0 Å². The van der Waals surface area contributed by atoms with Crippen LogP contribution in [-0.4, -0.2) is 46.2 Å². The number of furan rings is 1. The number of nitrogens with zero attached hydrogens (tertiary/aromatic N) is 1. The number of sulfonamides is 1. The number of aryl methyl sites for hydroxylation is 1. The minimum Gasteiger partial charge on any atom is -0.465 e. The lowest BCUT2D eigenvalue weighted by atomic mass is 10.2. The third-order valence-corrected chi connectivity index (χ3v) is 6.02. The second kappa shape index (κ2) is 8.42. The fourth-order valence-electron chi connectivity index (χ4n) is 3.09. The highest BCUT2D eigenvalue weighted by Gasteiger charge is 2.35. The van der Waals surface area contributed by atoms with Gasteiger partial charge in [0.2, 0.25) is 10.0 Å². The Morgan fingerprint density at radius 3 is 2.45 bits per heavy atom. The molecule has 0 radical (unpaired) electrons. The lowest BCUT2D eigenvalue weighted by Gasteiger charge is -2.33. The first-order valence-corrected chi connectivity index (χ1v) is 10.3. The Balaban J connectivity index is 1.83. The van der Waals surface area contributed by atoms with E-state index in [1.165, 1.54) is 0 Å². The van der Waals surface area contributed by atoms with Crippen LogP contribution in [0.2, 0.25) is 0 Å². The summed E-state index contributed by atoms with van der Waals surface area (Å²) in [5.74, 6) is -0.356. The smallest absolute Gasteiger partial charge is 0.419 e. The Morgan fingerprint density at radius 2 is 1.86 bits per heavy atom. The van der Waals surface area contributed by atoms with Gasteiger partial charge in [0.25, 0.3) is 0 Å². The molecule has 6 nitrogen and oxygen atoms in total. The summed E-state index contributed by atoms with van der Waals surface area (Å²) in [4.78, 5) is 1.30. The Hall–Kier alpha value is -1.95. The van der Waals surface area contributed by atoms with Gasteiger partial charge in [0, 0.05) is 19.6 Å². The molecule has 0 spiro atoms. The van der Waals surface area contributed by atoms with Gasteiger partial charge < -0.3 is 9.15 Å². The van der Waals surface area contributed by atoms with E-state index in [1.54, 1.807) is 19.1 Å². The Morgan fingerprint density at radius 1 is 1.17 bits per heavy atom. The van der Waals surface area contributed by atoms with E-state index in [4.69, 9.17) is 9.15 Å². The van der Waals surface area contributed by atoms with Crippen molar-refractivity contribution in [2.45, 2.75) is 24.0 Å². The van der Waals surface area contributed by atoms with Gasteiger partial charge in [0.15, 0.2) is 0 Å². The molecule has 2 heterocycles. The molecule has 1 atom stereocenters. The predicted molar refractivity (Wildman–Crippen MR) is 95.2 cm³/mol. The number of alkyl halides is 3. The van der Waals surface area contributed by atoms with E-state index in [0.29, 0.717) is 50.0 Å². The molecule has 29 heavy (non-hydrogen) atoms. The van der Waals surface area contributed by atoms with Crippen molar-refractivity contribution in [2.75, 3.05) is 32.8 Å². The number of nitrogens with one attached hydrogen (secondary N) is 1. The van der Waals surface area contributed by atoms with Gasteiger partial charge in [-0.3, -0.25) is 4.90 Å². The summed E-state index contributed by atoms with van der Waals surface area (Å²) in [6, 6.07) is 4.58. The maximum absolute atomic E-state index is 13.5. The van der Waals surface area contributed by atoms with Crippen LogP contribution in [0.25, 0.3) is 0 Å². The largest absolute Gasteiger partial charge is 0.465 e. The van der Waals surface area contributed by atoms with Crippen LogP contribution in [0.1, 0.15) is 23.1 Å². The van der Waals surface area contributed by atoms with Crippen LogP contribution in [0.15, 0.2) is 39.6 Å². The van der Waals surface area contributed by atoms with E-state index in [1.807, 2.05) is 4.90 Å². The van der Waals surface area contributed by atoms with E-state index in [0.717, 1.165) is 6.07 Å². The minimum absolute atomic E-state index is 0.131. The Kier molecular flexibility index (Phi) is 6.32. The number of halogens is 4. The molecule has 1 saturated heterocycles. The van der Waals surface area contributed by atoms with Crippen molar-refractivity contribution < 1.29 is 35.1 Å². The van der Waals surface area contributed by atoms with Crippen molar-refractivity contribution >= 4 is 10.0 Å². The third-order valence-electron chi connectivity index (χ3n) is 4.60. The van der Waals surface area contributed by atoms with Gasteiger partial charge in [-0.25, -0.2) is 17.5 Å². The van der Waals surface area contributed by atoms with Gasteiger partial charge in [-0.1, -0.05) is 0 Å². The molecule has 0 bridgehead atoms. The van der Waals surface area contributed by atoms with Gasteiger partial charge in [0.1, 0.15) is 17.3 Å². The molecular formula is C18H20F4N2O4S. The SMILES string of the molecule is Cc1ccc(C(CNS(=O)(=O)c2ccc(F)c(C(F)(F)F)c2)N2CCOCC2)o1. The first-order valence-electron chi connectivity index (χ1n) is 8.82. The zero-order chi connectivity index (χ0) is 21.2. The summed E-state index contributed by atoms with van der Waals surface area (Å²) < 4.78 is 90.6. The van der Waals surface area contributed by atoms with Crippen molar-refractivity contribution in [1.82, 2.24) is 9.62 Å². The maximum Gasteiger partial charge on any atom is 0.419 e. The summed E-state index contributed by atoms with van der Waals surface area (Å²) in [7, 11) is -4.31. The molecule has 2 aromatic rings. The molecule has 1 aliphatic heterocycles. The van der Waals surface area contributed by atoms with Crippen LogP contribution < -0.4 is 4.72 Å².